The second kappa shape index (κ2) is 8.90. The minimum absolute atomic E-state index is 0.0490. The van der Waals surface area contributed by atoms with Gasteiger partial charge in [0.2, 0.25) is 0 Å². The van der Waals surface area contributed by atoms with Gasteiger partial charge >= 0.3 is 0 Å². The summed E-state index contributed by atoms with van der Waals surface area (Å²) in [5, 5.41) is 0.0490. The number of carbonyl (C=O) groups excluding carboxylic acids is 1. The number of aryl methyl sites for hydroxylation is 2. The predicted molar refractivity (Wildman–Crippen MR) is 120 cm³/mol. The first-order valence-electron chi connectivity index (χ1n) is 9.36. The Morgan fingerprint density at radius 1 is 0.967 bits per heavy atom. The molecule has 0 fully saturated rings. The lowest BCUT2D eigenvalue weighted by molar-refractivity contribution is 0.0785. The van der Waals surface area contributed by atoms with Gasteiger partial charge in [-0.1, -0.05) is 53.6 Å². The van der Waals surface area contributed by atoms with E-state index in [9.17, 15) is 13.2 Å². The average molecular weight is 443 g/mol. The van der Waals surface area contributed by atoms with Crippen molar-refractivity contribution in [3.63, 3.8) is 0 Å². The molecule has 1 N–H and O–H groups in total. The van der Waals surface area contributed by atoms with Crippen LogP contribution in [0.25, 0.3) is 0 Å². The zero-order valence-corrected chi connectivity index (χ0v) is 18.6. The Kier molecular flexibility index (Phi) is 6.48. The number of rotatable bonds is 6. The first kappa shape index (κ1) is 21.9. The normalized spacial score (nSPS) is 11.2. The van der Waals surface area contributed by atoms with Crippen molar-refractivity contribution in [1.29, 1.82) is 0 Å². The third-order valence-corrected chi connectivity index (χ3v) is 6.49. The summed E-state index contributed by atoms with van der Waals surface area (Å²) >= 11 is 6.16. The molecule has 0 radical (unpaired) electrons. The molecule has 156 valence electrons. The number of anilines is 1. The van der Waals surface area contributed by atoms with Gasteiger partial charge in [0, 0.05) is 24.8 Å². The number of hydrogen-bond donors (Lipinski definition) is 1. The van der Waals surface area contributed by atoms with Gasteiger partial charge in [-0.2, -0.15) is 0 Å². The van der Waals surface area contributed by atoms with Crippen molar-refractivity contribution < 1.29 is 13.2 Å². The summed E-state index contributed by atoms with van der Waals surface area (Å²) < 4.78 is 28.3. The lowest BCUT2D eigenvalue weighted by atomic mass is 10.1. The van der Waals surface area contributed by atoms with Crippen LogP contribution in [0.2, 0.25) is 5.02 Å². The molecule has 0 unspecified atom stereocenters. The number of hydrogen-bond acceptors (Lipinski definition) is 3. The van der Waals surface area contributed by atoms with Crippen LogP contribution in [0.3, 0.4) is 0 Å². The number of amides is 1. The fraction of sp³-hybridized carbons (Fsp3) is 0.174. The maximum atomic E-state index is 12.9. The van der Waals surface area contributed by atoms with Crippen LogP contribution in [-0.4, -0.2) is 26.3 Å². The van der Waals surface area contributed by atoms with E-state index in [0.29, 0.717) is 12.2 Å². The fourth-order valence-electron chi connectivity index (χ4n) is 3.02. The van der Waals surface area contributed by atoms with Gasteiger partial charge in [-0.25, -0.2) is 8.42 Å². The van der Waals surface area contributed by atoms with Gasteiger partial charge in [-0.05, 0) is 55.3 Å². The summed E-state index contributed by atoms with van der Waals surface area (Å²) in [6, 6.07) is 19.2. The largest absolute Gasteiger partial charge is 0.337 e. The van der Waals surface area contributed by atoms with E-state index in [1.165, 1.54) is 23.1 Å². The van der Waals surface area contributed by atoms with Gasteiger partial charge in [-0.3, -0.25) is 9.52 Å². The van der Waals surface area contributed by atoms with Crippen LogP contribution < -0.4 is 4.72 Å². The van der Waals surface area contributed by atoms with Crippen molar-refractivity contribution in [2.24, 2.45) is 0 Å². The van der Waals surface area contributed by atoms with E-state index in [2.05, 4.69) is 4.72 Å². The highest BCUT2D eigenvalue weighted by Crippen LogP contribution is 2.26. The number of nitrogens with zero attached hydrogens (tertiary/aromatic N) is 1. The Morgan fingerprint density at radius 3 is 2.33 bits per heavy atom. The molecule has 0 aromatic heterocycles. The Hall–Kier alpha value is -2.83. The minimum atomic E-state index is -3.96. The first-order valence-corrected chi connectivity index (χ1v) is 11.2. The van der Waals surface area contributed by atoms with Crippen LogP contribution in [0.4, 0.5) is 5.69 Å². The Labute approximate surface area is 182 Å². The summed E-state index contributed by atoms with van der Waals surface area (Å²) in [5.74, 6) is -0.292. The Morgan fingerprint density at radius 2 is 1.67 bits per heavy atom. The zero-order valence-electron chi connectivity index (χ0n) is 17.0. The van der Waals surface area contributed by atoms with Gasteiger partial charge in [0.05, 0.1) is 5.02 Å². The maximum Gasteiger partial charge on any atom is 0.263 e. The summed E-state index contributed by atoms with van der Waals surface area (Å²) in [4.78, 5) is 14.3. The SMILES string of the molecule is Cc1ccc(CN(C)C(=O)c2ccc(Cl)c(S(=O)(=O)Nc3cccc(C)c3)c2)cc1. The fourth-order valence-corrected chi connectivity index (χ4v) is 4.60. The molecular weight excluding hydrogens is 420 g/mol. The minimum Gasteiger partial charge on any atom is -0.337 e. The third-order valence-electron chi connectivity index (χ3n) is 4.63. The molecule has 0 aliphatic heterocycles. The smallest absolute Gasteiger partial charge is 0.263 e. The zero-order chi connectivity index (χ0) is 21.9. The third kappa shape index (κ3) is 5.20. The molecule has 3 aromatic carbocycles. The van der Waals surface area contributed by atoms with E-state index < -0.39 is 10.0 Å². The van der Waals surface area contributed by atoms with Crippen LogP contribution in [-0.2, 0) is 16.6 Å². The van der Waals surface area contributed by atoms with E-state index in [1.807, 2.05) is 44.2 Å². The van der Waals surface area contributed by atoms with E-state index in [1.54, 1.807) is 25.2 Å². The van der Waals surface area contributed by atoms with Crippen LogP contribution >= 0.6 is 11.6 Å². The lowest BCUT2D eigenvalue weighted by Crippen LogP contribution is -2.26. The molecule has 0 aliphatic rings. The molecule has 30 heavy (non-hydrogen) atoms. The lowest BCUT2D eigenvalue weighted by Gasteiger charge is -2.18. The van der Waals surface area contributed by atoms with Crippen molar-refractivity contribution >= 4 is 33.2 Å². The number of nitrogens with one attached hydrogen (secondary N) is 1. The topological polar surface area (TPSA) is 66.5 Å². The molecule has 0 aliphatic carbocycles. The van der Waals surface area contributed by atoms with Gasteiger partial charge in [0.15, 0.2) is 0 Å². The molecule has 3 rings (SSSR count). The second-order valence-electron chi connectivity index (χ2n) is 7.27. The summed E-state index contributed by atoms with van der Waals surface area (Å²) in [5.41, 5.74) is 3.72. The predicted octanol–water partition coefficient (Wildman–Crippen LogP) is 5.03. The number of halogens is 1. The van der Waals surface area contributed by atoms with E-state index in [4.69, 9.17) is 11.6 Å². The monoisotopic (exact) mass is 442 g/mol. The van der Waals surface area contributed by atoms with Crippen molar-refractivity contribution in [3.05, 3.63) is 94.0 Å². The van der Waals surface area contributed by atoms with Gasteiger partial charge < -0.3 is 4.90 Å². The molecule has 0 saturated carbocycles. The summed E-state index contributed by atoms with van der Waals surface area (Å²) in [6.07, 6.45) is 0. The molecule has 0 saturated heterocycles. The van der Waals surface area contributed by atoms with Crippen molar-refractivity contribution in [3.8, 4) is 0 Å². The molecule has 0 bridgehead atoms. The molecule has 0 atom stereocenters. The Balaban J connectivity index is 1.84. The molecule has 5 nitrogen and oxygen atoms in total. The maximum absolute atomic E-state index is 12.9. The van der Waals surface area contributed by atoms with E-state index in [-0.39, 0.29) is 21.4 Å². The van der Waals surface area contributed by atoms with Crippen LogP contribution in [0, 0.1) is 13.8 Å². The summed E-state index contributed by atoms with van der Waals surface area (Å²) in [6.45, 7) is 4.28. The van der Waals surface area contributed by atoms with Crippen molar-refractivity contribution in [2.75, 3.05) is 11.8 Å². The Bertz CT molecular complexity index is 1180. The standard InChI is InChI=1S/C23H23ClN2O3S/c1-16-7-9-18(10-8-16)15-26(3)23(27)19-11-12-21(24)22(14-19)30(28,29)25-20-6-4-5-17(2)13-20/h4-14,25H,15H2,1-3H3. The molecule has 7 heteroatoms. The summed E-state index contributed by atoms with van der Waals surface area (Å²) in [7, 11) is -2.28. The second-order valence-corrected chi connectivity index (χ2v) is 9.33. The van der Waals surface area contributed by atoms with Crippen molar-refractivity contribution in [2.45, 2.75) is 25.3 Å². The van der Waals surface area contributed by atoms with Crippen LogP contribution in [0.15, 0.2) is 71.6 Å². The van der Waals surface area contributed by atoms with E-state index in [0.717, 1.165) is 16.7 Å². The molecule has 0 spiro atoms. The molecular formula is C23H23ClN2O3S. The van der Waals surface area contributed by atoms with Gasteiger partial charge in [0.25, 0.3) is 15.9 Å². The average Bonchev–Trinajstić information content (AvgIpc) is 2.69. The highest BCUT2D eigenvalue weighted by molar-refractivity contribution is 7.92. The highest BCUT2D eigenvalue weighted by Gasteiger charge is 2.22. The van der Waals surface area contributed by atoms with Gasteiger partial charge in [0.1, 0.15) is 4.90 Å². The van der Waals surface area contributed by atoms with Gasteiger partial charge in [-0.15, -0.1) is 0 Å². The quantitative estimate of drug-likeness (QED) is 0.582. The number of benzene rings is 3. The van der Waals surface area contributed by atoms with Crippen molar-refractivity contribution in [1.82, 2.24) is 4.90 Å². The molecule has 3 aromatic rings. The highest BCUT2D eigenvalue weighted by atomic mass is 35.5. The molecule has 0 heterocycles. The number of sulfonamides is 1. The van der Waals surface area contributed by atoms with E-state index >= 15 is 0 Å². The van der Waals surface area contributed by atoms with Crippen LogP contribution in [0.1, 0.15) is 27.0 Å². The van der Waals surface area contributed by atoms with Crippen LogP contribution in [0.5, 0.6) is 0 Å². The first-order chi connectivity index (χ1) is 14.2. The number of carbonyl (C=O) groups is 1. The molecule has 1 amide bonds.